The molecule has 0 bridgehead atoms. The second-order valence-electron chi connectivity index (χ2n) is 18.5. The molecular weight excluding hydrogens is 805 g/mol. The Balaban J connectivity index is 1.37. The maximum absolute atomic E-state index is 14.8. The number of nitrogens with zero attached hydrogens (tertiary/aromatic N) is 5. The highest BCUT2D eigenvalue weighted by molar-refractivity contribution is 7.87. The molecule has 2 aliphatic heterocycles. The number of rotatable bonds is 10. The van der Waals surface area contributed by atoms with E-state index in [-0.39, 0.29) is 55.4 Å². The Bertz CT molecular complexity index is 2250. The number of hydrogen-bond donors (Lipinski definition) is 1. The van der Waals surface area contributed by atoms with Crippen molar-refractivity contribution in [3.8, 4) is 16.6 Å². The van der Waals surface area contributed by atoms with Gasteiger partial charge in [0.25, 0.3) is 6.01 Å². The smallest absolute Gasteiger partial charge is 0.307 e. The molecule has 3 aromatic rings. The van der Waals surface area contributed by atoms with Gasteiger partial charge in [-0.2, -0.15) is 17.7 Å². The van der Waals surface area contributed by atoms with Crippen LogP contribution in [0, 0.1) is 24.2 Å². The number of fused-ring (bicyclic) bond motifs is 3. The van der Waals surface area contributed by atoms with E-state index in [2.05, 4.69) is 25.5 Å². The topological polar surface area (TPSA) is 170 Å². The lowest BCUT2D eigenvalue weighted by Crippen LogP contribution is -2.47. The SMILES string of the molecule is Cc1sc(-c2cccc3c2nc(O[C@@H]2C[C@H]4C(=O)C[C@]5(C(=O)NS(=O)(=O)N(C)C)C[C@@H]5/C=C\CCCCC[C@H](CC(=O)OC(C)(C)C)C(=O)N4C2)n3C(C)C)nc1C(C)C. The van der Waals surface area contributed by atoms with Gasteiger partial charge in [-0.1, -0.05) is 44.9 Å². The quantitative estimate of drug-likeness (QED) is 0.161. The van der Waals surface area contributed by atoms with Crippen LogP contribution in [-0.4, -0.2) is 94.1 Å². The fraction of sp³-hybridized carbons (Fsp3) is 0.636. The lowest BCUT2D eigenvalue weighted by molar-refractivity contribution is -0.159. The van der Waals surface area contributed by atoms with Gasteiger partial charge in [-0.3, -0.25) is 23.7 Å². The molecule has 2 aromatic heterocycles. The summed E-state index contributed by atoms with van der Waals surface area (Å²) in [5, 5.41) is 0.866. The Morgan fingerprint density at radius 1 is 1.08 bits per heavy atom. The molecule has 16 heteroatoms. The average molecular weight is 867 g/mol. The van der Waals surface area contributed by atoms with Crippen molar-refractivity contribution in [1.82, 2.24) is 28.5 Å². The molecule has 1 saturated carbocycles. The van der Waals surface area contributed by atoms with E-state index >= 15 is 0 Å². The summed E-state index contributed by atoms with van der Waals surface area (Å²) < 4.78 is 43.2. The minimum Gasteiger partial charge on any atom is -0.460 e. The summed E-state index contributed by atoms with van der Waals surface area (Å²) in [6.45, 7) is 15.8. The zero-order chi connectivity index (χ0) is 43.9. The summed E-state index contributed by atoms with van der Waals surface area (Å²) in [7, 11) is -1.48. The number of Topliss-reactive ketones (excluding diaryl/α,β-unsaturated/α-hetero) is 1. The molecule has 328 valence electrons. The summed E-state index contributed by atoms with van der Waals surface area (Å²) in [5.41, 5.74) is 1.49. The predicted molar refractivity (Wildman–Crippen MR) is 232 cm³/mol. The van der Waals surface area contributed by atoms with Gasteiger partial charge in [-0.15, -0.1) is 11.3 Å². The molecule has 3 aliphatic rings. The normalized spacial score (nSPS) is 24.9. The molecule has 1 aliphatic carbocycles. The highest BCUT2D eigenvalue weighted by Crippen LogP contribution is 2.57. The van der Waals surface area contributed by atoms with Crippen molar-refractivity contribution in [2.75, 3.05) is 20.6 Å². The van der Waals surface area contributed by atoms with Crippen LogP contribution in [0.4, 0.5) is 0 Å². The van der Waals surface area contributed by atoms with Crippen LogP contribution in [0.2, 0.25) is 0 Å². The van der Waals surface area contributed by atoms with Crippen LogP contribution in [0.3, 0.4) is 0 Å². The predicted octanol–water partition coefficient (Wildman–Crippen LogP) is 7.28. The van der Waals surface area contributed by atoms with Gasteiger partial charge in [0.2, 0.25) is 11.8 Å². The highest BCUT2D eigenvalue weighted by Gasteiger charge is 2.61. The first kappa shape index (κ1) is 45.4. The van der Waals surface area contributed by atoms with Gasteiger partial charge in [-0.05, 0) is 91.2 Å². The standard InChI is InChI=1S/C44H62N6O8S2/c1-26(2)37-28(5)59-39(45-37)32-19-16-20-33-38(32)46-42(50(33)27(3)4)57-31-22-34-35(51)24-44(41(54)47-60(55,56)48(9)10)23-30(44)18-15-13-11-12-14-17-29(40(53)49(34)25-31)21-36(52)58-43(6,7)8/h15-16,18-20,26-27,29-31,34H,11-14,17,21-25H2,1-10H3,(H,47,54)/b18-15-/t29-,30+,31-,34+,44-/m1/s1. The Kier molecular flexibility index (Phi) is 13.4. The molecule has 6 rings (SSSR count). The monoisotopic (exact) mass is 866 g/mol. The van der Waals surface area contributed by atoms with Crippen molar-refractivity contribution in [3.05, 3.63) is 40.9 Å². The Hall–Kier alpha value is -4.15. The Morgan fingerprint density at radius 3 is 2.47 bits per heavy atom. The number of allylic oxidation sites excluding steroid dienone is 2. The number of imidazole rings is 1. The first-order chi connectivity index (χ1) is 28.1. The lowest BCUT2D eigenvalue weighted by atomic mass is 9.90. The molecule has 4 heterocycles. The summed E-state index contributed by atoms with van der Waals surface area (Å²) in [6.07, 6.45) is 6.73. The number of carbonyl (C=O) groups is 4. The zero-order valence-corrected chi connectivity index (χ0v) is 38.4. The molecule has 14 nitrogen and oxygen atoms in total. The summed E-state index contributed by atoms with van der Waals surface area (Å²) >= 11 is 1.63. The molecule has 1 N–H and O–H groups in total. The third-order valence-electron chi connectivity index (χ3n) is 11.8. The number of hydrogen-bond acceptors (Lipinski definition) is 11. The summed E-state index contributed by atoms with van der Waals surface area (Å²) in [6, 6.07) is 5.29. The van der Waals surface area contributed by atoms with Crippen LogP contribution in [-0.2, 0) is 34.1 Å². The van der Waals surface area contributed by atoms with Crippen molar-refractivity contribution in [2.45, 2.75) is 143 Å². The van der Waals surface area contributed by atoms with Crippen LogP contribution < -0.4 is 9.46 Å². The maximum Gasteiger partial charge on any atom is 0.307 e. The van der Waals surface area contributed by atoms with E-state index in [0.29, 0.717) is 25.3 Å². The molecule has 60 heavy (non-hydrogen) atoms. The first-order valence-corrected chi connectivity index (χ1v) is 23.5. The molecular formula is C44H62N6O8S2. The van der Waals surface area contributed by atoms with Gasteiger partial charge >= 0.3 is 16.2 Å². The van der Waals surface area contributed by atoms with Crippen molar-refractivity contribution in [2.24, 2.45) is 17.3 Å². The van der Waals surface area contributed by atoms with Gasteiger partial charge in [0.15, 0.2) is 5.78 Å². The van der Waals surface area contributed by atoms with Gasteiger partial charge in [0.1, 0.15) is 22.2 Å². The van der Waals surface area contributed by atoms with E-state index in [0.717, 1.165) is 55.7 Å². The number of carbonyl (C=O) groups excluding carboxylic acids is 4. The van der Waals surface area contributed by atoms with Crippen LogP contribution in [0.5, 0.6) is 6.01 Å². The van der Waals surface area contributed by atoms with Gasteiger partial charge in [0, 0.05) is 49.3 Å². The van der Waals surface area contributed by atoms with Crippen LogP contribution in [0.25, 0.3) is 21.6 Å². The highest BCUT2D eigenvalue weighted by atomic mass is 32.2. The van der Waals surface area contributed by atoms with Crippen molar-refractivity contribution in [3.63, 3.8) is 0 Å². The second kappa shape index (κ2) is 17.7. The lowest BCUT2D eigenvalue weighted by Gasteiger charge is -2.29. The first-order valence-electron chi connectivity index (χ1n) is 21.2. The average Bonchev–Trinajstić information content (AvgIpc) is 3.42. The number of esters is 1. The van der Waals surface area contributed by atoms with Crippen molar-refractivity contribution in [1.29, 1.82) is 0 Å². The van der Waals surface area contributed by atoms with Crippen molar-refractivity contribution >= 4 is 56.1 Å². The van der Waals surface area contributed by atoms with Crippen LogP contribution in [0.1, 0.15) is 129 Å². The van der Waals surface area contributed by atoms with E-state index in [9.17, 15) is 27.6 Å². The number of nitrogens with one attached hydrogen (secondary N) is 1. The number of aryl methyl sites for hydroxylation is 1. The fourth-order valence-corrected chi connectivity index (χ4v) is 10.3. The summed E-state index contributed by atoms with van der Waals surface area (Å²) in [4.78, 5) is 69.3. The van der Waals surface area contributed by atoms with E-state index < -0.39 is 51.2 Å². The fourth-order valence-electron chi connectivity index (χ4n) is 8.58. The second-order valence-corrected chi connectivity index (χ2v) is 21.6. The number of para-hydroxylation sites is 1. The molecule has 5 atom stereocenters. The van der Waals surface area contributed by atoms with Gasteiger partial charge < -0.3 is 14.4 Å². The summed E-state index contributed by atoms with van der Waals surface area (Å²) in [5.74, 6) is -2.78. The number of amides is 2. The van der Waals surface area contributed by atoms with Crippen molar-refractivity contribution < 1.29 is 37.1 Å². The molecule has 2 fully saturated rings. The van der Waals surface area contributed by atoms with Crippen LogP contribution in [0.15, 0.2) is 30.4 Å². The maximum atomic E-state index is 14.8. The van der Waals surface area contributed by atoms with Gasteiger partial charge in [0.05, 0.1) is 35.6 Å². The number of ether oxygens (including phenoxy) is 2. The number of ketones is 1. The third-order valence-corrected chi connectivity index (χ3v) is 14.2. The minimum absolute atomic E-state index is 0.0508. The molecule has 1 aromatic carbocycles. The Labute approximate surface area is 358 Å². The number of aromatic nitrogens is 3. The minimum atomic E-state index is -4.13. The number of benzene rings is 1. The molecule has 0 radical (unpaired) electrons. The third kappa shape index (κ3) is 9.81. The van der Waals surface area contributed by atoms with Gasteiger partial charge in [-0.25, -0.2) is 9.71 Å². The van der Waals surface area contributed by atoms with Crippen LogP contribution >= 0.6 is 11.3 Å². The zero-order valence-electron chi connectivity index (χ0n) is 36.7. The van der Waals surface area contributed by atoms with E-state index in [1.807, 2.05) is 48.8 Å². The molecule has 1 saturated heterocycles. The number of thiazole rings is 1. The molecule has 0 unspecified atom stereocenters. The molecule has 0 spiro atoms. The Morgan fingerprint density at radius 2 is 1.82 bits per heavy atom. The molecule has 2 amide bonds. The van der Waals surface area contributed by atoms with E-state index in [1.165, 1.54) is 19.0 Å². The van der Waals surface area contributed by atoms with E-state index in [4.69, 9.17) is 19.4 Å². The van der Waals surface area contributed by atoms with E-state index in [1.54, 1.807) is 32.1 Å². The largest absolute Gasteiger partial charge is 0.460 e.